The summed E-state index contributed by atoms with van der Waals surface area (Å²) in [4.78, 5) is 25.2. The number of nitrogens with one attached hydrogen (secondary N) is 1. The number of amides is 2. The Balaban J connectivity index is 2.46. The van der Waals surface area contributed by atoms with Gasteiger partial charge in [0.15, 0.2) is 5.60 Å². The fraction of sp³-hybridized carbons (Fsp3) is 0.385. The Bertz CT molecular complexity index is 539. The Morgan fingerprint density at radius 1 is 1.47 bits per heavy atom. The van der Waals surface area contributed by atoms with E-state index in [2.05, 4.69) is 5.32 Å². The molecule has 1 aliphatic heterocycles. The summed E-state index contributed by atoms with van der Waals surface area (Å²) < 4.78 is 5.57. The topological polar surface area (TPSA) is 78.9 Å². The number of carbonyl (C=O) groups excluding carboxylic acids is 2. The van der Waals surface area contributed by atoms with Gasteiger partial charge in [-0.3, -0.25) is 14.5 Å². The molecule has 0 fully saturated rings. The predicted octanol–water partition coefficient (Wildman–Crippen LogP) is 0.642. The van der Waals surface area contributed by atoms with Gasteiger partial charge in [-0.2, -0.15) is 0 Å². The first kappa shape index (κ1) is 13.2. The van der Waals surface area contributed by atoms with Crippen LogP contribution in [0, 0.1) is 0 Å². The lowest BCUT2D eigenvalue weighted by Gasteiger charge is -2.38. The van der Waals surface area contributed by atoms with E-state index >= 15 is 0 Å². The number of nitrogens with zero attached hydrogens (tertiary/aromatic N) is 1. The molecule has 2 N–H and O–H groups in total. The van der Waals surface area contributed by atoms with Crippen molar-refractivity contribution in [3.63, 3.8) is 0 Å². The maximum atomic E-state index is 12.3. The lowest BCUT2D eigenvalue weighted by molar-refractivity contribution is -0.134. The van der Waals surface area contributed by atoms with Gasteiger partial charge in [-0.1, -0.05) is 0 Å². The van der Waals surface area contributed by atoms with Crippen LogP contribution >= 0.6 is 0 Å². The molecule has 2 amide bonds. The Morgan fingerprint density at radius 2 is 2.16 bits per heavy atom. The minimum Gasteiger partial charge on any atom is -0.508 e. The van der Waals surface area contributed by atoms with E-state index in [9.17, 15) is 14.7 Å². The van der Waals surface area contributed by atoms with Gasteiger partial charge in [0, 0.05) is 13.1 Å². The highest BCUT2D eigenvalue weighted by atomic mass is 16.5. The molecule has 1 heterocycles. The van der Waals surface area contributed by atoms with Crippen LogP contribution in [0.3, 0.4) is 0 Å². The van der Waals surface area contributed by atoms with Gasteiger partial charge in [0.25, 0.3) is 5.91 Å². The standard InChI is InChI=1S/C13H16N2O4/c1-13(2)12(18)15(7-11(17)14-3)9-5-4-8(16)6-10(9)19-13/h4-6,16H,7H2,1-3H3,(H,14,17). The fourth-order valence-electron chi connectivity index (χ4n) is 1.94. The van der Waals surface area contributed by atoms with Crippen LogP contribution in [0.15, 0.2) is 18.2 Å². The number of anilines is 1. The summed E-state index contributed by atoms with van der Waals surface area (Å²) in [5.74, 6) is -0.142. The van der Waals surface area contributed by atoms with Crippen molar-refractivity contribution in [1.82, 2.24) is 5.32 Å². The molecule has 6 heteroatoms. The van der Waals surface area contributed by atoms with Crippen LogP contribution < -0.4 is 15.0 Å². The third kappa shape index (κ3) is 2.33. The van der Waals surface area contributed by atoms with E-state index in [4.69, 9.17) is 4.74 Å². The number of hydrogen-bond donors (Lipinski definition) is 2. The van der Waals surface area contributed by atoms with Gasteiger partial charge in [-0.15, -0.1) is 0 Å². The average Bonchev–Trinajstić information content (AvgIpc) is 2.34. The molecule has 0 aliphatic carbocycles. The Morgan fingerprint density at radius 3 is 2.79 bits per heavy atom. The zero-order chi connectivity index (χ0) is 14.2. The van der Waals surface area contributed by atoms with Crippen molar-refractivity contribution >= 4 is 17.5 Å². The first-order chi connectivity index (χ1) is 8.85. The van der Waals surface area contributed by atoms with E-state index < -0.39 is 5.60 Å². The fourth-order valence-corrected chi connectivity index (χ4v) is 1.94. The van der Waals surface area contributed by atoms with E-state index in [-0.39, 0.29) is 24.1 Å². The zero-order valence-corrected chi connectivity index (χ0v) is 11.1. The van der Waals surface area contributed by atoms with Crippen LogP contribution in [0.5, 0.6) is 11.5 Å². The molecule has 102 valence electrons. The van der Waals surface area contributed by atoms with Crippen molar-refractivity contribution in [1.29, 1.82) is 0 Å². The van der Waals surface area contributed by atoms with Crippen LogP contribution in [0.2, 0.25) is 0 Å². The zero-order valence-electron chi connectivity index (χ0n) is 11.1. The predicted molar refractivity (Wildman–Crippen MR) is 69.2 cm³/mol. The summed E-state index contributed by atoms with van der Waals surface area (Å²) in [7, 11) is 1.51. The third-order valence-electron chi connectivity index (χ3n) is 2.94. The van der Waals surface area contributed by atoms with Gasteiger partial charge in [-0.25, -0.2) is 0 Å². The average molecular weight is 264 g/mol. The van der Waals surface area contributed by atoms with E-state index in [1.807, 2.05) is 0 Å². The lowest BCUT2D eigenvalue weighted by Crippen LogP contribution is -2.54. The molecule has 0 saturated carbocycles. The number of phenolic OH excluding ortho intramolecular Hbond substituents is 1. The van der Waals surface area contributed by atoms with Gasteiger partial charge < -0.3 is 15.2 Å². The van der Waals surface area contributed by atoms with Crippen LogP contribution in [0.25, 0.3) is 0 Å². The number of phenols is 1. The number of ether oxygens (including phenoxy) is 1. The van der Waals surface area contributed by atoms with Gasteiger partial charge >= 0.3 is 0 Å². The van der Waals surface area contributed by atoms with Crippen molar-refractivity contribution in [2.24, 2.45) is 0 Å². The minimum atomic E-state index is -1.07. The lowest BCUT2D eigenvalue weighted by atomic mass is 10.0. The number of rotatable bonds is 2. The summed E-state index contributed by atoms with van der Waals surface area (Å²) in [6.07, 6.45) is 0. The first-order valence-electron chi connectivity index (χ1n) is 5.90. The summed E-state index contributed by atoms with van der Waals surface area (Å²) >= 11 is 0. The molecule has 0 bridgehead atoms. The molecule has 1 aliphatic rings. The highest BCUT2D eigenvalue weighted by molar-refractivity contribution is 6.05. The summed E-state index contributed by atoms with van der Waals surface area (Å²) in [5, 5.41) is 12.0. The van der Waals surface area contributed by atoms with E-state index in [0.717, 1.165) is 0 Å². The number of carbonyl (C=O) groups is 2. The summed E-state index contributed by atoms with van der Waals surface area (Å²) in [6.45, 7) is 3.16. The maximum Gasteiger partial charge on any atom is 0.271 e. The molecule has 0 radical (unpaired) electrons. The highest BCUT2D eigenvalue weighted by Gasteiger charge is 2.41. The second kappa shape index (κ2) is 4.46. The van der Waals surface area contributed by atoms with Crippen molar-refractivity contribution < 1.29 is 19.4 Å². The molecule has 1 aromatic rings. The van der Waals surface area contributed by atoms with E-state index in [1.54, 1.807) is 19.9 Å². The van der Waals surface area contributed by atoms with Crippen molar-refractivity contribution in [2.75, 3.05) is 18.5 Å². The van der Waals surface area contributed by atoms with Crippen LogP contribution in [-0.4, -0.2) is 36.1 Å². The Hall–Kier alpha value is -2.24. The molecule has 2 rings (SSSR count). The maximum absolute atomic E-state index is 12.3. The summed E-state index contributed by atoms with van der Waals surface area (Å²) in [5.41, 5.74) is -0.597. The van der Waals surface area contributed by atoms with Gasteiger partial charge in [-0.05, 0) is 26.0 Å². The molecular weight excluding hydrogens is 248 g/mol. The molecule has 1 aromatic carbocycles. The number of likely N-dealkylation sites (N-methyl/N-ethyl adjacent to an activating group) is 1. The molecule has 0 atom stereocenters. The largest absolute Gasteiger partial charge is 0.508 e. The number of benzene rings is 1. The second-order valence-electron chi connectivity index (χ2n) is 4.83. The molecular formula is C13H16N2O4. The molecule has 0 unspecified atom stereocenters. The SMILES string of the molecule is CNC(=O)CN1C(=O)C(C)(C)Oc2cc(O)ccc21. The molecule has 0 spiro atoms. The number of hydrogen-bond acceptors (Lipinski definition) is 4. The molecule has 6 nitrogen and oxygen atoms in total. The van der Waals surface area contributed by atoms with Gasteiger partial charge in [0.05, 0.1) is 5.69 Å². The second-order valence-corrected chi connectivity index (χ2v) is 4.83. The van der Waals surface area contributed by atoms with E-state index in [0.29, 0.717) is 11.4 Å². The van der Waals surface area contributed by atoms with Gasteiger partial charge in [0.1, 0.15) is 18.0 Å². The van der Waals surface area contributed by atoms with Gasteiger partial charge in [0.2, 0.25) is 5.91 Å². The molecule has 0 aromatic heterocycles. The van der Waals surface area contributed by atoms with Crippen LogP contribution in [0.4, 0.5) is 5.69 Å². The quantitative estimate of drug-likeness (QED) is 0.821. The molecule has 0 saturated heterocycles. The van der Waals surface area contributed by atoms with Crippen LogP contribution in [0.1, 0.15) is 13.8 Å². The van der Waals surface area contributed by atoms with Crippen molar-refractivity contribution in [2.45, 2.75) is 19.4 Å². The monoisotopic (exact) mass is 264 g/mol. The van der Waals surface area contributed by atoms with Crippen LogP contribution in [-0.2, 0) is 9.59 Å². The first-order valence-corrected chi connectivity index (χ1v) is 5.90. The minimum absolute atomic E-state index is 0.0452. The smallest absolute Gasteiger partial charge is 0.271 e. The normalized spacial score (nSPS) is 16.6. The summed E-state index contributed by atoms with van der Waals surface area (Å²) in [6, 6.07) is 4.44. The number of fused-ring (bicyclic) bond motifs is 1. The molecule has 19 heavy (non-hydrogen) atoms. The third-order valence-corrected chi connectivity index (χ3v) is 2.94. The van der Waals surface area contributed by atoms with Crippen molar-refractivity contribution in [3.05, 3.63) is 18.2 Å². The highest BCUT2D eigenvalue weighted by Crippen LogP contribution is 2.39. The Labute approximate surface area is 111 Å². The number of aromatic hydroxyl groups is 1. The van der Waals surface area contributed by atoms with Crippen molar-refractivity contribution in [3.8, 4) is 11.5 Å². The van der Waals surface area contributed by atoms with E-state index in [1.165, 1.54) is 24.1 Å². The Kier molecular flexibility index (Phi) is 3.09.